The Balaban J connectivity index is 2.54. The van der Waals surface area contributed by atoms with Gasteiger partial charge in [0.05, 0.1) is 0 Å². The van der Waals surface area contributed by atoms with Gasteiger partial charge in [0, 0.05) is 24.1 Å². The van der Waals surface area contributed by atoms with Crippen molar-refractivity contribution in [2.45, 2.75) is 32.9 Å². The van der Waals surface area contributed by atoms with Crippen LogP contribution < -0.4 is 5.73 Å². The first-order chi connectivity index (χ1) is 6.15. The molecule has 1 atom stereocenters. The standard InChI is InChI=1S/C8H16N4S/c1-4-6(2)12(3)5-7-8(9)13-11-10-7/h6H,4-5,9H2,1-3H3. The molecule has 1 unspecified atom stereocenters. The first-order valence-electron chi connectivity index (χ1n) is 4.42. The molecule has 1 aromatic rings. The van der Waals surface area contributed by atoms with E-state index in [0.717, 1.165) is 23.7 Å². The Labute approximate surface area is 82.9 Å². The molecule has 4 nitrogen and oxygen atoms in total. The molecule has 0 aliphatic rings. The molecule has 0 saturated carbocycles. The third-order valence-corrected chi connectivity index (χ3v) is 2.92. The second-order valence-corrected chi connectivity index (χ2v) is 4.04. The Morgan fingerprint density at radius 3 is 2.77 bits per heavy atom. The zero-order valence-electron chi connectivity index (χ0n) is 8.32. The van der Waals surface area contributed by atoms with Crippen LogP contribution in [0.3, 0.4) is 0 Å². The topological polar surface area (TPSA) is 55.0 Å². The minimum Gasteiger partial charge on any atom is -0.388 e. The van der Waals surface area contributed by atoms with Crippen LogP contribution in [0, 0.1) is 0 Å². The first kappa shape index (κ1) is 10.4. The van der Waals surface area contributed by atoms with Crippen molar-refractivity contribution < 1.29 is 0 Å². The van der Waals surface area contributed by atoms with E-state index < -0.39 is 0 Å². The molecule has 0 aliphatic heterocycles. The average molecular weight is 200 g/mol. The van der Waals surface area contributed by atoms with E-state index in [0.29, 0.717) is 6.04 Å². The van der Waals surface area contributed by atoms with Gasteiger partial charge in [0.25, 0.3) is 0 Å². The molecule has 1 aromatic heterocycles. The lowest BCUT2D eigenvalue weighted by Gasteiger charge is -2.22. The van der Waals surface area contributed by atoms with E-state index in [4.69, 9.17) is 5.73 Å². The second kappa shape index (κ2) is 4.53. The van der Waals surface area contributed by atoms with Gasteiger partial charge >= 0.3 is 0 Å². The Kier molecular flexibility index (Phi) is 3.62. The summed E-state index contributed by atoms with van der Waals surface area (Å²) >= 11 is 1.26. The van der Waals surface area contributed by atoms with Crippen molar-refractivity contribution in [1.29, 1.82) is 0 Å². The van der Waals surface area contributed by atoms with Crippen LogP contribution in [0.15, 0.2) is 0 Å². The third kappa shape index (κ3) is 2.63. The van der Waals surface area contributed by atoms with Crippen molar-refractivity contribution >= 4 is 16.5 Å². The zero-order valence-corrected chi connectivity index (χ0v) is 9.14. The molecule has 13 heavy (non-hydrogen) atoms. The summed E-state index contributed by atoms with van der Waals surface area (Å²) in [5, 5.41) is 4.71. The maximum atomic E-state index is 5.70. The predicted octanol–water partition coefficient (Wildman–Crippen LogP) is 1.35. The molecule has 0 aromatic carbocycles. The van der Waals surface area contributed by atoms with Crippen molar-refractivity contribution in [3.8, 4) is 0 Å². The van der Waals surface area contributed by atoms with Crippen molar-refractivity contribution in [3.63, 3.8) is 0 Å². The van der Waals surface area contributed by atoms with Crippen LogP contribution in [0.25, 0.3) is 0 Å². The summed E-state index contributed by atoms with van der Waals surface area (Å²) in [6.07, 6.45) is 1.13. The van der Waals surface area contributed by atoms with Crippen LogP contribution in [0.1, 0.15) is 26.0 Å². The summed E-state index contributed by atoms with van der Waals surface area (Å²) in [5.74, 6) is 0. The summed E-state index contributed by atoms with van der Waals surface area (Å²) in [5.41, 5.74) is 6.59. The van der Waals surface area contributed by atoms with E-state index in [9.17, 15) is 0 Å². The summed E-state index contributed by atoms with van der Waals surface area (Å²) in [6.45, 7) is 5.15. The van der Waals surface area contributed by atoms with Gasteiger partial charge in [-0.05, 0) is 20.4 Å². The summed E-state index contributed by atoms with van der Waals surface area (Å²) in [4.78, 5) is 2.23. The van der Waals surface area contributed by atoms with Crippen LogP contribution in [0.4, 0.5) is 5.00 Å². The molecule has 0 amide bonds. The largest absolute Gasteiger partial charge is 0.388 e. The lowest BCUT2D eigenvalue weighted by Crippen LogP contribution is -2.28. The monoisotopic (exact) mass is 200 g/mol. The smallest absolute Gasteiger partial charge is 0.132 e. The summed E-state index contributed by atoms with van der Waals surface area (Å²) in [7, 11) is 2.08. The Bertz CT molecular complexity index is 260. The minimum atomic E-state index is 0.557. The Morgan fingerprint density at radius 1 is 1.62 bits per heavy atom. The van der Waals surface area contributed by atoms with Gasteiger partial charge in [-0.25, -0.2) is 0 Å². The van der Waals surface area contributed by atoms with Gasteiger partial charge in [-0.15, -0.1) is 5.10 Å². The van der Waals surface area contributed by atoms with Crippen LogP contribution in [-0.4, -0.2) is 27.6 Å². The third-order valence-electron chi connectivity index (χ3n) is 2.33. The van der Waals surface area contributed by atoms with Crippen LogP contribution >= 0.6 is 11.5 Å². The van der Waals surface area contributed by atoms with Crippen LogP contribution in [0.5, 0.6) is 0 Å². The molecule has 1 heterocycles. The number of hydrogen-bond donors (Lipinski definition) is 1. The van der Waals surface area contributed by atoms with Gasteiger partial charge in [0.15, 0.2) is 0 Å². The van der Waals surface area contributed by atoms with Gasteiger partial charge in [-0.2, -0.15) is 0 Å². The fourth-order valence-corrected chi connectivity index (χ4v) is 1.47. The van der Waals surface area contributed by atoms with Crippen molar-refractivity contribution in [1.82, 2.24) is 14.5 Å². The first-order valence-corrected chi connectivity index (χ1v) is 5.19. The molecule has 0 bridgehead atoms. The maximum Gasteiger partial charge on any atom is 0.132 e. The molecule has 1 rings (SSSR count). The van der Waals surface area contributed by atoms with Crippen molar-refractivity contribution in [2.24, 2.45) is 0 Å². The Morgan fingerprint density at radius 2 is 2.31 bits per heavy atom. The van der Waals surface area contributed by atoms with Gasteiger partial charge in [0.1, 0.15) is 10.7 Å². The Hall–Kier alpha value is -0.680. The lowest BCUT2D eigenvalue weighted by atomic mass is 10.2. The summed E-state index contributed by atoms with van der Waals surface area (Å²) in [6, 6.07) is 0.557. The minimum absolute atomic E-state index is 0.557. The number of nitrogens with zero attached hydrogens (tertiary/aromatic N) is 3. The summed E-state index contributed by atoms with van der Waals surface area (Å²) < 4.78 is 3.80. The molecule has 2 N–H and O–H groups in total. The molecular formula is C8H16N4S. The fourth-order valence-electron chi connectivity index (χ4n) is 1.03. The van der Waals surface area contributed by atoms with Crippen LogP contribution in [0.2, 0.25) is 0 Å². The number of hydrogen-bond acceptors (Lipinski definition) is 5. The maximum absolute atomic E-state index is 5.70. The highest BCUT2D eigenvalue weighted by Crippen LogP contribution is 2.15. The van der Waals surface area contributed by atoms with Gasteiger partial charge in [0.2, 0.25) is 0 Å². The normalized spacial score (nSPS) is 13.5. The molecule has 5 heteroatoms. The molecular weight excluding hydrogens is 184 g/mol. The number of nitrogens with two attached hydrogens (primary N) is 1. The molecule has 0 fully saturated rings. The molecule has 0 radical (unpaired) electrons. The van der Waals surface area contributed by atoms with Gasteiger partial charge < -0.3 is 5.73 Å². The van der Waals surface area contributed by atoms with E-state index in [1.54, 1.807) is 0 Å². The molecule has 0 saturated heterocycles. The van der Waals surface area contributed by atoms with Gasteiger partial charge in [-0.3, -0.25) is 4.90 Å². The van der Waals surface area contributed by atoms with Crippen LogP contribution in [-0.2, 0) is 6.54 Å². The molecule has 74 valence electrons. The zero-order chi connectivity index (χ0) is 9.84. The van der Waals surface area contributed by atoms with Crippen molar-refractivity contribution in [3.05, 3.63) is 5.69 Å². The van der Waals surface area contributed by atoms with Gasteiger partial charge in [-0.1, -0.05) is 11.4 Å². The SMILES string of the molecule is CCC(C)N(C)Cc1nnsc1N. The second-order valence-electron chi connectivity index (χ2n) is 3.26. The number of rotatable bonds is 4. The highest BCUT2D eigenvalue weighted by molar-refractivity contribution is 7.09. The average Bonchev–Trinajstić information content (AvgIpc) is 2.50. The highest BCUT2D eigenvalue weighted by Gasteiger charge is 2.11. The molecule has 0 spiro atoms. The predicted molar refractivity (Wildman–Crippen MR) is 55.5 cm³/mol. The van der Waals surface area contributed by atoms with E-state index in [2.05, 4.69) is 35.4 Å². The quantitative estimate of drug-likeness (QED) is 0.797. The number of aromatic nitrogens is 2. The van der Waals surface area contributed by atoms with E-state index in [1.165, 1.54) is 11.5 Å². The molecule has 0 aliphatic carbocycles. The highest BCUT2D eigenvalue weighted by atomic mass is 32.1. The van der Waals surface area contributed by atoms with Crippen molar-refractivity contribution in [2.75, 3.05) is 12.8 Å². The fraction of sp³-hybridized carbons (Fsp3) is 0.750. The van der Waals surface area contributed by atoms with E-state index >= 15 is 0 Å². The van der Waals surface area contributed by atoms with E-state index in [-0.39, 0.29) is 0 Å². The van der Waals surface area contributed by atoms with E-state index in [1.807, 2.05) is 0 Å². The number of nitrogen functional groups attached to an aromatic ring is 1. The lowest BCUT2D eigenvalue weighted by molar-refractivity contribution is 0.241. The number of anilines is 1.